The first-order valence-corrected chi connectivity index (χ1v) is 9.26. The molecule has 0 spiro atoms. The highest BCUT2D eigenvalue weighted by Gasteiger charge is 2.35. The van der Waals surface area contributed by atoms with Crippen LogP contribution >= 0.6 is 0 Å². The summed E-state index contributed by atoms with van der Waals surface area (Å²) in [6.07, 6.45) is 1.20. The zero-order chi connectivity index (χ0) is 20.4. The summed E-state index contributed by atoms with van der Waals surface area (Å²) in [5.74, 6) is 0.0822. The van der Waals surface area contributed by atoms with Gasteiger partial charge in [-0.1, -0.05) is 30.4 Å². The summed E-state index contributed by atoms with van der Waals surface area (Å²) in [4.78, 5) is 3.57. The van der Waals surface area contributed by atoms with Crippen molar-refractivity contribution >= 4 is 15.6 Å². The fourth-order valence-corrected chi connectivity index (χ4v) is 2.70. The lowest BCUT2D eigenvalue weighted by Gasteiger charge is -2.08. The first-order chi connectivity index (χ1) is 12.4. The van der Waals surface area contributed by atoms with Gasteiger partial charge in [0.15, 0.2) is 5.69 Å². The van der Waals surface area contributed by atoms with Crippen LogP contribution in [0.15, 0.2) is 65.7 Å². The Kier molecular flexibility index (Phi) is 5.76. The molecule has 1 aromatic carbocycles. The van der Waals surface area contributed by atoms with E-state index in [9.17, 15) is 21.6 Å². The number of nitrogens with two attached hydrogens (primary N) is 1. The number of alkyl halides is 3. The molecule has 0 amide bonds. The van der Waals surface area contributed by atoms with Crippen LogP contribution in [0.4, 0.5) is 13.2 Å². The third-order valence-corrected chi connectivity index (χ3v) is 4.64. The van der Waals surface area contributed by atoms with Crippen LogP contribution in [0.3, 0.4) is 0 Å². The zero-order valence-corrected chi connectivity index (χ0v) is 15.5. The summed E-state index contributed by atoms with van der Waals surface area (Å²) in [5, 5.41) is 5.05. The standard InChI is InChI=1S/C18H18F3N3O2S/c1-4-12(2)5-6-13(3)17-23-16(18(19,20)21)11-24(17)14-7-9-15(10-8-14)27(22,25)26/h4-11H,1H2,2-3H3,(H2,22,25,26)/b12-5-,13-6+. The van der Waals surface area contributed by atoms with E-state index in [2.05, 4.69) is 11.6 Å². The van der Waals surface area contributed by atoms with Crippen molar-refractivity contribution in [2.75, 3.05) is 0 Å². The fourth-order valence-electron chi connectivity index (χ4n) is 2.19. The van der Waals surface area contributed by atoms with Crippen LogP contribution in [0.1, 0.15) is 25.4 Å². The normalized spacial score (nSPS) is 13.7. The molecule has 0 radical (unpaired) electrons. The molecule has 2 N–H and O–H groups in total. The molecule has 0 aliphatic carbocycles. The topological polar surface area (TPSA) is 78.0 Å². The first kappa shape index (κ1) is 20.7. The molecule has 0 aliphatic heterocycles. The van der Waals surface area contributed by atoms with Crippen molar-refractivity contribution < 1.29 is 21.6 Å². The van der Waals surface area contributed by atoms with E-state index >= 15 is 0 Å². The number of hydrogen-bond donors (Lipinski definition) is 1. The van der Waals surface area contributed by atoms with E-state index < -0.39 is 21.9 Å². The zero-order valence-electron chi connectivity index (χ0n) is 14.7. The minimum absolute atomic E-state index is 0.0822. The van der Waals surface area contributed by atoms with Gasteiger partial charge in [-0.15, -0.1) is 0 Å². The average Bonchev–Trinajstić information content (AvgIpc) is 3.04. The Morgan fingerprint density at radius 2 is 1.78 bits per heavy atom. The summed E-state index contributed by atoms with van der Waals surface area (Å²) in [5.41, 5.74) is 0.589. The maximum Gasteiger partial charge on any atom is 0.434 e. The van der Waals surface area contributed by atoms with Gasteiger partial charge in [0.25, 0.3) is 0 Å². The van der Waals surface area contributed by atoms with Gasteiger partial charge in [-0.05, 0) is 43.7 Å². The predicted molar refractivity (Wildman–Crippen MR) is 97.5 cm³/mol. The van der Waals surface area contributed by atoms with Crippen LogP contribution in [-0.2, 0) is 16.2 Å². The smallest absolute Gasteiger partial charge is 0.299 e. The van der Waals surface area contributed by atoms with E-state index in [0.717, 1.165) is 11.8 Å². The molecule has 144 valence electrons. The SMILES string of the molecule is C=C/C(C)=C\C=C(/C)c1nc(C(F)(F)F)cn1-c1ccc(S(N)(=O)=O)cc1. The highest BCUT2D eigenvalue weighted by Crippen LogP contribution is 2.31. The average molecular weight is 397 g/mol. The van der Waals surface area contributed by atoms with E-state index in [4.69, 9.17) is 5.14 Å². The van der Waals surface area contributed by atoms with E-state index in [0.29, 0.717) is 11.3 Å². The number of halogens is 3. The van der Waals surface area contributed by atoms with Crippen molar-refractivity contribution in [3.05, 3.63) is 72.4 Å². The van der Waals surface area contributed by atoms with Crippen LogP contribution in [0.5, 0.6) is 0 Å². The van der Waals surface area contributed by atoms with Crippen molar-refractivity contribution in [2.24, 2.45) is 5.14 Å². The Morgan fingerprint density at radius 3 is 2.26 bits per heavy atom. The maximum absolute atomic E-state index is 13.1. The van der Waals surface area contributed by atoms with Gasteiger partial charge in [0, 0.05) is 11.9 Å². The summed E-state index contributed by atoms with van der Waals surface area (Å²) in [6.45, 7) is 7.05. The number of primary sulfonamides is 1. The van der Waals surface area contributed by atoms with Crippen LogP contribution in [0, 0.1) is 0 Å². The second-order valence-electron chi connectivity index (χ2n) is 5.82. The third-order valence-electron chi connectivity index (χ3n) is 3.71. The Labute approximate surface area is 155 Å². The second-order valence-corrected chi connectivity index (χ2v) is 7.38. The van der Waals surface area contributed by atoms with E-state index in [1.165, 1.54) is 28.8 Å². The van der Waals surface area contributed by atoms with E-state index in [-0.39, 0.29) is 10.7 Å². The molecule has 0 saturated carbocycles. The summed E-state index contributed by atoms with van der Waals surface area (Å²) >= 11 is 0. The lowest BCUT2D eigenvalue weighted by molar-refractivity contribution is -0.140. The largest absolute Gasteiger partial charge is 0.434 e. The van der Waals surface area contributed by atoms with Crippen LogP contribution in [0.2, 0.25) is 0 Å². The van der Waals surface area contributed by atoms with Gasteiger partial charge in [-0.2, -0.15) is 13.2 Å². The first-order valence-electron chi connectivity index (χ1n) is 7.71. The maximum atomic E-state index is 13.1. The molecular weight excluding hydrogens is 379 g/mol. The molecular formula is C18H18F3N3O2S. The third kappa shape index (κ3) is 4.95. The quantitative estimate of drug-likeness (QED) is 0.773. The molecule has 0 unspecified atom stereocenters. The molecule has 9 heteroatoms. The Balaban J connectivity index is 2.61. The van der Waals surface area contributed by atoms with Gasteiger partial charge in [0.1, 0.15) is 5.82 Å². The van der Waals surface area contributed by atoms with Crippen molar-refractivity contribution in [3.63, 3.8) is 0 Å². The molecule has 1 heterocycles. The molecule has 0 bridgehead atoms. The summed E-state index contributed by atoms with van der Waals surface area (Å²) in [6, 6.07) is 5.18. The number of imidazole rings is 1. The second kappa shape index (κ2) is 7.53. The number of allylic oxidation sites excluding steroid dienone is 5. The molecule has 27 heavy (non-hydrogen) atoms. The van der Waals surface area contributed by atoms with Gasteiger partial charge in [0.2, 0.25) is 10.0 Å². The van der Waals surface area contributed by atoms with E-state index in [1.807, 2.05) is 0 Å². The van der Waals surface area contributed by atoms with Gasteiger partial charge >= 0.3 is 6.18 Å². The van der Waals surface area contributed by atoms with Gasteiger partial charge in [0.05, 0.1) is 4.90 Å². The Morgan fingerprint density at radius 1 is 1.19 bits per heavy atom. The molecule has 2 rings (SSSR count). The molecule has 0 atom stereocenters. The number of hydrogen-bond acceptors (Lipinski definition) is 3. The van der Waals surface area contributed by atoms with Crippen LogP contribution in [-0.4, -0.2) is 18.0 Å². The van der Waals surface area contributed by atoms with E-state index in [1.54, 1.807) is 32.1 Å². The minimum Gasteiger partial charge on any atom is -0.299 e. The molecule has 0 saturated heterocycles. The van der Waals surface area contributed by atoms with Crippen LogP contribution in [0.25, 0.3) is 11.3 Å². The number of rotatable bonds is 5. The highest BCUT2D eigenvalue weighted by molar-refractivity contribution is 7.89. The van der Waals surface area contributed by atoms with Gasteiger partial charge in [-0.3, -0.25) is 4.57 Å². The lowest BCUT2D eigenvalue weighted by Crippen LogP contribution is -2.12. The van der Waals surface area contributed by atoms with Gasteiger partial charge < -0.3 is 0 Å². The minimum atomic E-state index is -4.62. The molecule has 0 aliphatic rings. The van der Waals surface area contributed by atoms with Crippen molar-refractivity contribution in [3.8, 4) is 5.69 Å². The van der Waals surface area contributed by atoms with Crippen molar-refractivity contribution in [1.29, 1.82) is 0 Å². The molecule has 5 nitrogen and oxygen atoms in total. The molecule has 2 aromatic rings. The Hall–Kier alpha value is -2.65. The number of benzene rings is 1. The predicted octanol–water partition coefficient (Wildman–Crippen LogP) is 4.07. The number of aromatic nitrogens is 2. The van der Waals surface area contributed by atoms with Crippen LogP contribution < -0.4 is 5.14 Å². The number of nitrogens with zero attached hydrogens (tertiary/aromatic N) is 2. The molecule has 0 fully saturated rings. The molecule has 1 aromatic heterocycles. The summed E-state index contributed by atoms with van der Waals surface area (Å²) in [7, 11) is -3.90. The number of sulfonamides is 1. The fraction of sp³-hybridized carbons (Fsp3) is 0.167. The van der Waals surface area contributed by atoms with Crippen molar-refractivity contribution in [1.82, 2.24) is 9.55 Å². The monoisotopic (exact) mass is 397 g/mol. The highest BCUT2D eigenvalue weighted by atomic mass is 32.2. The van der Waals surface area contributed by atoms with Crippen molar-refractivity contribution in [2.45, 2.75) is 24.9 Å². The summed E-state index contributed by atoms with van der Waals surface area (Å²) < 4.78 is 63.4. The lowest BCUT2D eigenvalue weighted by atomic mass is 10.2. The Bertz CT molecular complexity index is 1020. The van der Waals surface area contributed by atoms with Gasteiger partial charge in [-0.25, -0.2) is 18.5 Å².